The van der Waals surface area contributed by atoms with Crippen LogP contribution in [-0.2, 0) is 54.2 Å². The molecule has 1 saturated heterocycles. The number of hydrogen-bond acceptors (Lipinski definition) is 14. The molecule has 1 aromatic rings. The summed E-state index contributed by atoms with van der Waals surface area (Å²) in [7, 11) is 0. The quantitative estimate of drug-likeness (QED) is 0.117. The lowest BCUT2D eigenvalue weighted by Gasteiger charge is -2.29. The van der Waals surface area contributed by atoms with Crippen LogP contribution in [0, 0.1) is 5.92 Å². The van der Waals surface area contributed by atoms with Crippen LogP contribution in [0.15, 0.2) is 30.3 Å². The maximum atomic E-state index is 14.5. The summed E-state index contributed by atoms with van der Waals surface area (Å²) in [5.41, 5.74) is -1.97. The zero-order valence-corrected chi connectivity index (χ0v) is 45.0. The number of hydrogen-bond donors (Lipinski definition) is 11. The number of aliphatic hydroxyl groups excluding tert-OH is 1. The third kappa shape index (κ3) is 26.3. The Bertz CT molecular complexity index is 2070. The van der Waals surface area contributed by atoms with E-state index in [4.69, 9.17) is 14.2 Å². The van der Waals surface area contributed by atoms with Crippen molar-refractivity contribution >= 4 is 59.6 Å². The van der Waals surface area contributed by atoms with E-state index in [1.54, 1.807) is 106 Å². The molecule has 0 saturated carbocycles. The number of aliphatic hydroxyl groups is 1. The average Bonchev–Trinajstić information content (AvgIpc) is 3.25. The molecular formula is C50H82N10O14. The highest BCUT2D eigenvalue weighted by Crippen LogP contribution is 2.13. The third-order valence-electron chi connectivity index (χ3n) is 10.4. The van der Waals surface area contributed by atoms with Gasteiger partial charge in [-0.25, -0.2) is 14.4 Å². The van der Waals surface area contributed by atoms with Crippen LogP contribution in [-0.4, -0.2) is 150 Å². The van der Waals surface area contributed by atoms with Crippen LogP contribution in [0.4, 0.5) is 14.4 Å². The lowest BCUT2D eigenvalue weighted by molar-refractivity contribution is -0.136. The van der Waals surface area contributed by atoms with Gasteiger partial charge in [0.2, 0.25) is 41.4 Å². The molecule has 0 aliphatic carbocycles. The van der Waals surface area contributed by atoms with Gasteiger partial charge in [0.1, 0.15) is 53.1 Å². The van der Waals surface area contributed by atoms with E-state index < -0.39 is 119 Å². The van der Waals surface area contributed by atoms with E-state index in [0.29, 0.717) is 5.56 Å². The zero-order valence-electron chi connectivity index (χ0n) is 45.0. The van der Waals surface area contributed by atoms with Crippen molar-refractivity contribution in [2.24, 2.45) is 5.92 Å². The number of rotatable bonds is 14. The molecule has 24 nitrogen and oxygen atoms in total. The van der Waals surface area contributed by atoms with Crippen molar-refractivity contribution in [3.63, 3.8) is 0 Å². The molecule has 1 heterocycles. The standard InChI is InChI=1S/C50H82N10O14/c1-29(2)27-35-42(66)57-33(21-25-53-46(70)73-49(7,8)9)40(64)56-34(22-26-54-47(71)74-50(10,11)12)41(65)60-38(30(3)61)44(68)51-23-16-19-37(62)55-32(20-24-52-45(69)72-48(4,5)6)39(63)59-36(43(67)58-35)28-31-17-14-13-15-18-31/h13-15,17-18,29-30,32-36,38,61H,16,19-28H2,1-12H3,(H,51,68)(H,52,69)(H,53,70)(H,54,71)(H,55,62)(H,56,64)(H,57,66)(H,58,67)(H,59,63)(H,60,65)/t30-,32+,33+,34+,35+,36-,38+/m1/s1. The zero-order chi connectivity index (χ0) is 56.0. The molecule has 2 rings (SSSR count). The van der Waals surface area contributed by atoms with Gasteiger partial charge >= 0.3 is 18.3 Å². The van der Waals surface area contributed by atoms with Gasteiger partial charge in [0, 0.05) is 39.0 Å². The lowest BCUT2D eigenvalue weighted by Crippen LogP contribution is -2.61. The van der Waals surface area contributed by atoms with E-state index in [0.717, 1.165) is 0 Å². The van der Waals surface area contributed by atoms with Crippen molar-refractivity contribution in [2.45, 2.75) is 187 Å². The first-order chi connectivity index (χ1) is 34.3. The fourth-order valence-corrected chi connectivity index (χ4v) is 7.05. The number of carbonyl (C=O) groups excluding carboxylic acids is 10. The predicted molar refractivity (Wildman–Crippen MR) is 272 cm³/mol. The molecule has 0 spiro atoms. The van der Waals surface area contributed by atoms with Crippen LogP contribution >= 0.6 is 0 Å². The molecule has 74 heavy (non-hydrogen) atoms. The molecule has 0 radical (unpaired) electrons. The van der Waals surface area contributed by atoms with E-state index in [1.165, 1.54) is 6.92 Å². The highest BCUT2D eigenvalue weighted by atomic mass is 16.6. The van der Waals surface area contributed by atoms with Crippen LogP contribution < -0.4 is 53.2 Å². The first-order valence-electron chi connectivity index (χ1n) is 25.0. The summed E-state index contributed by atoms with van der Waals surface area (Å²) >= 11 is 0. The summed E-state index contributed by atoms with van der Waals surface area (Å²) in [5.74, 6) is -6.12. The normalized spacial score (nSPS) is 21.9. The number of ether oxygens (including phenoxy) is 3. The number of alkyl carbamates (subject to hydrolysis) is 3. The molecule has 10 amide bonds. The number of amides is 10. The molecule has 24 heteroatoms. The molecular weight excluding hydrogens is 965 g/mol. The minimum Gasteiger partial charge on any atom is -0.444 e. The first-order valence-corrected chi connectivity index (χ1v) is 25.0. The van der Waals surface area contributed by atoms with Gasteiger partial charge in [0.15, 0.2) is 0 Å². The van der Waals surface area contributed by atoms with E-state index in [2.05, 4.69) is 53.2 Å². The molecule has 0 unspecified atom stereocenters. The predicted octanol–water partition coefficient (Wildman–Crippen LogP) is 1.22. The van der Waals surface area contributed by atoms with Crippen molar-refractivity contribution < 1.29 is 67.3 Å². The smallest absolute Gasteiger partial charge is 0.407 e. The highest BCUT2D eigenvalue weighted by Gasteiger charge is 2.35. The number of carbonyl (C=O) groups is 10. The fraction of sp³-hybridized carbons (Fsp3) is 0.680. The van der Waals surface area contributed by atoms with Gasteiger partial charge in [-0.05, 0) is 113 Å². The van der Waals surface area contributed by atoms with Crippen LogP contribution in [0.3, 0.4) is 0 Å². The Labute approximate surface area is 434 Å². The maximum absolute atomic E-state index is 14.5. The van der Waals surface area contributed by atoms with E-state index in [9.17, 15) is 53.1 Å². The molecule has 1 fully saturated rings. The summed E-state index contributed by atoms with van der Waals surface area (Å²) < 4.78 is 16.0. The van der Waals surface area contributed by atoms with Gasteiger partial charge in [0.05, 0.1) is 6.10 Å². The van der Waals surface area contributed by atoms with Gasteiger partial charge < -0.3 is 72.5 Å². The molecule has 0 bridgehead atoms. The SMILES string of the molecule is CC(C)C[C@@H]1NC(=O)[C@@H](Cc2ccccc2)NC(=O)[C@H](CCNC(=O)OC(C)(C)C)NC(=O)CCCNC(=O)[C@H]([C@@H](C)O)NC(=O)[C@H](CCNC(=O)OC(C)(C)C)NC(=O)[C@H](CCNC(=O)OC(C)(C)C)NC1=O. The van der Waals surface area contributed by atoms with Crippen LogP contribution in [0.5, 0.6) is 0 Å². The van der Waals surface area contributed by atoms with E-state index >= 15 is 0 Å². The van der Waals surface area contributed by atoms with Crippen molar-refractivity contribution in [3.05, 3.63) is 35.9 Å². The van der Waals surface area contributed by atoms with E-state index in [-0.39, 0.29) is 77.0 Å². The van der Waals surface area contributed by atoms with Gasteiger partial charge in [-0.3, -0.25) is 33.6 Å². The molecule has 416 valence electrons. The van der Waals surface area contributed by atoms with Crippen molar-refractivity contribution in [2.75, 3.05) is 26.2 Å². The minimum atomic E-state index is -1.60. The number of nitrogens with one attached hydrogen (secondary N) is 10. The third-order valence-corrected chi connectivity index (χ3v) is 10.4. The molecule has 11 N–H and O–H groups in total. The molecule has 7 atom stereocenters. The van der Waals surface area contributed by atoms with Gasteiger partial charge in [-0.15, -0.1) is 0 Å². The molecule has 0 aromatic heterocycles. The molecule has 1 aliphatic heterocycles. The summed E-state index contributed by atoms with van der Waals surface area (Å²) in [6, 6.07) is 0.00172. The summed E-state index contributed by atoms with van der Waals surface area (Å²) in [4.78, 5) is 136. The topological polar surface area (TPSA) is 339 Å². The summed E-state index contributed by atoms with van der Waals surface area (Å²) in [6.07, 6.45) is -4.95. The molecule has 1 aromatic carbocycles. The monoisotopic (exact) mass is 1050 g/mol. The Kier molecular flexibility index (Phi) is 25.6. The summed E-state index contributed by atoms with van der Waals surface area (Å²) in [5, 5.41) is 36.6. The highest BCUT2D eigenvalue weighted by molar-refractivity contribution is 5.97. The summed E-state index contributed by atoms with van der Waals surface area (Å²) in [6.45, 7) is 18.9. The van der Waals surface area contributed by atoms with Gasteiger partial charge in [-0.2, -0.15) is 0 Å². The van der Waals surface area contributed by atoms with Crippen molar-refractivity contribution in [1.29, 1.82) is 0 Å². The van der Waals surface area contributed by atoms with Gasteiger partial charge in [0.25, 0.3) is 0 Å². The van der Waals surface area contributed by atoms with Crippen molar-refractivity contribution in [1.82, 2.24) is 53.2 Å². The van der Waals surface area contributed by atoms with Crippen LogP contribution in [0.25, 0.3) is 0 Å². The lowest BCUT2D eigenvalue weighted by atomic mass is 10.00. The Balaban J connectivity index is 2.72. The van der Waals surface area contributed by atoms with Crippen LogP contribution in [0.1, 0.15) is 127 Å². The maximum Gasteiger partial charge on any atom is 0.407 e. The van der Waals surface area contributed by atoms with Crippen molar-refractivity contribution in [3.8, 4) is 0 Å². The fourth-order valence-electron chi connectivity index (χ4n) is 7.05. The molecule has 1 aliphatic rings. The first kappa shape index (κ1) is 63.4. The largest absolute Gasteiger partial charge is 0.444 e. The second kappa shape index (κ2) is 29.8. The second-order valence-electron chi connectivity index (χ2n) is 21.5. The Morgan fingerprint density at radius 1 is 0.554 bits per heavy atom. The minimum absolute atomic E-state index is 0.0129. The van der Waals surface area contributed by atoms with Crippen LogP contribution in [0.2, 0.25) is 0 Å². The van der Waals surface area contributed by atoms with Gasteiger partial charge in [-0.1, -0.05) is 44.2 Å². The average molecular weight is 1050 g/mol. The number of benzene rings is 1. The Morgan fingerprint density at radius 3 is 1.35 bits per heavy atom. The Hall–Kier alpha value is -6.72. The van der Waals surface area contributed by atoms with E-state index in [1.807, 2.05) is 0 Å². The Morgan fingerprint density at radius 2 is 0.932 bits per heavy atom. The second-order valence-corrected chi connectivity index (χ2v) is 21.5.